The summed E-state index contributed by atoms with van der Waals surface area (Å²) in [5, 5.41) is 5.95. The number of anilines is 1. The summed E-state index contributed by atoms with van der Waals surface area (Å²) in [4.78, 5) is 33.5. The highest BCUT2D eigenvalue weighted by atomic mass is 32.1. The van der Waals surface area contributed by atoms with Crippen molar-refractivity contribution in [3.63, 3.8) is 0 Å². The molecule has 0 saturated carbocycles. The van der Waals surface area contributed by atoms with Crippen molar-refractivity contribution in [2.24, 2.45) is 0 Å². The van der Waals surface area contributed by atoms with E-state index in [9.17, 15) is 9.59 Å². The van der Waals surface area contributed by atoms with Crippen LogP contribution in [0.25, 0.3) is 11.3 Å². The molecule has 0 spiro atoms. The van der Waals surface area contributed by atoms with E-state index >= 15 is 0 Å². The minimum absolute atomic E-state index is 0.0658. The number of rotatable bonds is 7. The molecule has 3 aromatic rings. The molecule has 0 aliphatic carbocycles. The molecule has 1 aliphatic rings. The summed E-state index contributed by atoms with van der Waals surface area (Å²) in [7, 11) is 0. The summed E-state index contributed by atoms with van der Waals surface area (Å²) >= 11 is 1.63. The number of nitrogens with one attached hydrogen (secondary N) is 1. The van der Waals surface area contributed by atoms with Gasteiger partial charge in [-0.3, -0.25) is 9.59 Å². The molecule has 0 atom stereocenters. The van der Waals surface area contributed by atoms with Crippen molar-refractivity contribution in [3.05, 3.63) is 70.5 Å². The summed E-state index contributed by atoms with van der Waals surface area (Å²) in [6, 6.07) is 18.2. The second kappa shape index (κ2) is 10.4. The van der Waals surface area contributed by atoms with E-state index in [0.29, 0.717) is 32.5 Å². The van der Waals surface area contributed by atoms with Crippen LogP contribution in [0.15, 0.2) is 60.0 Å². The number of carbonyl (C=O) groups is 2. The van der Waals surface area contributed by atoms with Gasteiger partial charge in [-0.05, 0) is 24.6 Å². The van der Waals surface area contributed by atoms with Crippen LogP contribution in [0.1, 0.15) is 17.0 Å². The summed E-state index contributed by atoms with van der Waals surface area (Å²) in [6.45, 7) is 5.45. The van der Waals surface area contributed by atoms with Crippen LogP contribution >= 0.6 is 11.3 Å². The maximum Gasteiger partial charge on any atom is 0.224 e. The summed E-state index contributed by atoms with van der Waals surface area (Å²) in [5.41, 5.74) is 4.16. The van der Waals surface area contributed by atoms with Gasteiger partial charge in [-0.2, -0.15) is 0 Å². The first-order chi connectivity index (χ1) is 15.6. The Balaban J connectivity index is 1.17. The van der Waals surface area contributed by atoms with Crippen molar-refractivity contribution < 1.29 is 9.59 Å². The zero-order valence-electron chi connectivity index (χ0n) is 18.3. The number of amides is 2. The minimum Gasteiger partial charge on any atom is -0.368 e. The molecule has 4 rings (SSSR count). The summed E-state index contributed by atoms with van der Waals surface area (Å²) < 4.78 is 0. The van der Waals surface area contributed by atoms with Crippen LogP contribution in [0.4, 0.5) is 5.69 Å². The van der Waals surface area contributed by atoms with E-state index in [4.69, 9.17) is 0 Å². The molecule has 2 amide bonds. The molecule has 0 bridgehead atoms. The molecule has 0 radical (unpaired) electrons. The van der Waals surface area contributed by atoms with Gasteiger partial charge in [0.05, 0.1) is 17.1 Å². The first kappa shape index (κ1) is 22.0. The van der Waals surface area contributed by atoms with E-state index < -0.39 is 0 Å². The Morgan fingerprint density at radius 1 is 1.00 bits per heavy atom. The van der Waals surface area contributed by atoms with E-state index in [1.54, 1.807) is 11.3 Å². The number of para-hydroxylation sites is 1. The monoisotopic (exact) mass is 448 g/mol. The van der Waals surface area contributed by atoms with Crippen LogP contribution < -0.4 is 10.2 Å². The molecule has 0 unspecified atom stereocenters. The topological polar surface area (TPSA) is 65.5 Å². The Morgan fingerprint density at radius 2 is 1.72 bits per heavy atom. The fourth-order valence-electron chi connectivity index (χ4n) is 3.86. The molecular weight excluding hydrogens is 420 g/mol. The largest absolute Gasteiger partial charge is 0.368 e. The van der Waals surface area contributed by atoms with Crippen molar-refractivity contribution in [2.45, 2.75) is 19.8 Å². The SMILES string of the molecule is Cc1nc(-c2ccc(CC(=O)NCCC(=O)N3CCN(c4ccccc4)CC3)cc2)cs1. The van der Waals surface area contributed by atoms with E-state index in [0.717, 1.165) is 34.9 Å². The predicted octanol–water partition coefficient (Wildman–Crippen LogP) is 3.52. The first-order valence-electron chi connectivity index (χ1n) is 10.9. The van der Waals surface area contributed by atoms with Gasteiger partial charge in [0.1, 0.15) is 0 Å². The number of nitrogens with zero attached hydrogens (tertiary/aromatic N) is 3. The number of hydrogen-bond donors (Lipinski definition) is 1. The van der Waals surface area contributed by atoms with E-state index in [1.807, 2.05) is 59.7 Å². The third-order valence-corrected chi connectivity index (χ3v) is 6.42. The van der Waals surface area contributed by atoms with Crippen molar-refractivity contribution in [3.8, 4) is 11.3 Å². The van der Waals surface area contributed by atoms with Crippen molar-refractivity contribution in [2.75, 3.05) is 37.6 Å². The molecule has 2 heterocycles. The van der Waals surface area contributed by atoms with Gasteiger partial charge in [0, 0.05) is 55.8 Å². The fourth-order valence-corrected chi connectivity index (χ4v) is 4.48. The smallest absolute Gasteiger partial charge is 0.224 e. The predicted molar refractivity (Wildman–Crippen MR) is 129 cm³/mol. The van der Waals surface area contributed by atoms with E-state index in [1.165, 1.54) is 5.69 Å². The lowest BCUT2D eigenvalue weighted by atomic mass is 10.1. The van der Waals surface area contributed by atoms with Gasteiger partial charge in [-0.25, -0.2) is 4.98 Å². The van der Waals surface area contributed by atoms with Crippen LogP contribution in [-0.2, 0) is 16.0 Å². The molecule has 1 saturated heterocycles. The van der Waals surface area contributed by atoms with Gasteiger partial charge < -0.3 is 15.1 Å². The Hall–Kier alpha value is -3.19. The molecule has 6 nitrogen and oxygen atoms in total. The van der Waals surface area contributed by atoms with E-state index in [-0.39, 0.29) is 11.8 Å². The molecule has 166 valence electrons. The quantitative estimate of drug-likeness (QED) is 0.601. The molecular formula is C25H28N4O2S. The Kier molecular flexibility index (Phi) is 7.17. The maximum absolute atomic E-state index is 12.5. The number of hydrogen-bond acceptors (Lipinski definition) is 5. The van der Waals surface area contributed by atoms with Gasteiger partial charge >= 0.3 is 0 Å². The summed E-state index contributed by atoms with van der Waals surface area (Å²) in [5.74, 6) is 0.0323. The molecule has 1 aromatic heterocycles. The lowest BCUT2D eigenvalue weighted by Crippen LogP contribution is -2.49. The molecule has 7 heteroatoms. The average molecular weight is 449 g/mol. The standard InChI is InChI=1S/C25H28N4O2S/c1-19-27-23(18-32-19)21-9-7-20(8-10-21)17-24(30)26-12-11-25(31)29-15-13-28(14-16-29)22-5-3-2-4-6-22/h2-10,18H,11-17H2,1H3,(H,26,30). The second-order valence-corrected chi connectivity index (χ2v) is 8.99. The van der Waals surface area contributed by atoms with Crippen LogP contribution in [0, 0.1) is 6.92 Å². The highest BCUT2D eigenvalue weighted by molar-refractivity contribution is 7.09. The number of piperazine rings is 1. The number of carbonyl (C=O) groups excluding carboxylic acids is 2. The molecule has 1 fully saturated rings. The maximum atomic E-state index is 12.5. The zero-order chi connectivity index (χ0) is 22.3. The van der Waals surface area contributed by atoms with Crippen molar-refractivity contribution >= 4 is 28.8 Å². The van der Waals surface area contributed by atoms with Crippen LogP contribution in [0.2, 0.25) is 0 Å². The molecule has 32 heavy (non-hydrogen) atoms. The van der Waals surface area contributed by atoms with Crippen molar-refractivity contribution in [1.82, 2.24) is 15.2 Å². The Labute approximate surface area is 192 Å². The number of aryl methyl sites for hydroxylation is 1. The fraction of sp³-hybridized carbons (Fsp3) is 0.320. The first-order valence-corrected chi connectivity index (χ1v) is 11.8. The Bertz CT molecular complexity index is 1040. The number of aromatic nitrogens is 1. The highest BCUT2D eigenvalue weighted by Gasteiger charge is 2.21. The third-order valence-electron chi connectivity index (χ3n) is 5.65. The minimum atomic E-state index is -0.0658. The van der Waals surface area contributed by atoms with Crippen LogP contribution in [-0.4, -0.2) is 54.4 Å². The van der Waals surface area contributed by atoms with Gasteiger partial charge in [0.15, 0.2) is 0 Å². The second-order valence-electron chi connectivity index (χ2n) is 7.93. The lowest BCUT2D eigenvalue weighted by molar-refractivity contribution is -0.131. The van der Waals surface area contributed by atoms with Gasteiger partial charge in [0.25, 0.3) is 0 Å². The van der Waals surface area contributed by atoms with Crippen LogP contribution in [0.3, 0.4) is 0 Å². The number of thiazole rings is 1. The van der Waals surface area contributed by atoms with Gasteiger partial charge in [0.2, 0.25) is 11.8 Å². The number of benzene rings is 2. The van der Waals surface area contributed by atoms with Crippen molar-refractivity contribution in [1.29, 1.82) is 0 Å². The molecule has 2 aromatic carbocycles. The lowest BCUT2D eigenvalue weighted by Gasteiger charge is -2.36. The Morgan fingerprint density at radius 3 is 2.38 bits per heavy atom. The normalized spacial score (nSPS) is 13.8. The summed E-state index contributed by atoms with van der Waals surface area (Å²) in [6.07, 6.45) is 0.638. The zero-order valence-corrected chi connectivity index (χ0v) is 19.1. The van der Waals surface area contributed by atoms with E-state index in [2.05, 4.69) is 27.3 Å². The third kappa shape index (κ3) is 5.73. The molecule has 1 aliphatic heterocycles. The van der Waals surface area contributed by atoms with Crippen LogP contribution in [0.5, 0.6) is 0 Å². The average Bonchev–Trinajstić information content (AvgIpc) is 3.26. The van der Waals surface area contributed by atoms with Gasteiger partial charge in [-0.1, -0.05) is 42.5 Å². The molecule has 1 N–H and O–H groups in total. The van der Waals surface area contributed by atoms with Gasteiger partial charge in [-0.15, -0.1) is 11.3 Å². The highest BCUT2D eigenvalue weighted by Crippen LogP contribution is 2.22.